The molecule has 0 bridgehead atoms. The molecular weight excluding hydrogens is 250 g/mol. The van der Waals surface area contributed by atoms with Gasteiger partial charge < -0.3 is 9.84 Å². The molecule has 0 rings (SSSR count). The molecule has 0 saturated heterocycles. The fourth-order valence-corrected chi connectivity index (χ4v) is 2.31. The molecule has 1 atom stereocenters. The number of rotatable bonds is 16. The zero-order valence-electron chi connectivity index (χ0n) is 13.8. The van der Waals surface area contributed by atoms with Crippen molar-refractivity contribution in [3.63, 3.8) is 0 Å². The maximum Gasteiger partial charge on any atom is 0.102 e. The molecular formula is C17H37NO2. The summed E-state index contributed by atoms with van der Waals surface area (Å²) >= 11 is 0. The monoisotopic (exact) mass is 287 g/mol. The Bertz CT molecular complexity index is 174. The Morgan fingerprint density at radius 2 is 1.30 bits per heavy atom. The highest BCUT2D eigenvalue weighted by Gasteiger charge is 1.95. The van der Waals surface area contributed by atoms with Crippen LogP contribution >= 0.6 is 0 Å². The average molecular weight is 287 g/mol. The Morgan fingerprint density at radius 1 is 0.800 bits per heavy atom. The molecule has 0 aliphatic rings. The molecule has 0 aromatic heterocycles. The Morgan fingerprint density at radius 3 is 1.80 bits per heavy atom. The van der Waals surface area contributed by atoms with Crippen molar-refractivity contribution >= 4 is 0 Å². The van der Waals surface area contributed by atoms with Crippen molar-refractivity contribution in [3.05, 3.63) is 0 Å². The predicted molar refractivity (Wildman–Crippen MR) is 87.0 cm³/mol. The molecule has 0 fully saturated rings. The van der Waals surface area contributed by atoms with Gasteiger partial charge in [0.05, 0.1) is 6.61 Å². The molecule has 1 unspecified atom stereocenters. The average Bonchev–Trinajstić information content (AvgIpc) is 2.43. The Labute approximate surface area is 126 Å². The van der Waals surface area contributed by atoms with Gasteiger partial charge >= 0.3 is 0 Å². The van der Waals surface area contributed by atoms with Crippen LogP contribution in [0.1, 0.15) is 84.5 Å². The van der Waals surface area contributed by atoms with Crippen molar-refractivity contribution in [2.75, 3.05) is 19.8 Å². The van der Waals surface area contributed by atoms with Gasteiger partial charge in [0.15, 0.2) is 0 Å². The first-order chi connectivity index (χ1) is 9.77. The maximum atomic E-state index is 8.99. The summed E-state index contributed by atoms with van der Waals surface area (Å²) in [7, 11) is 0. The summed E-state index contributed by atoms with van der Waals surface area (Å²) in [5.41, 5.74) is 0. The lowest BCUT2D eigenvalue weighted by Gasteiger charge is -2.07. The van der Waals surface area contributed by atoms with Crippen LogP contribution in [0, 0.1) is 0 Å². The smallest absolute Gasteiger partial charge is 0.102 e. The number of aliphatic hydroxyl groups is 1. The van der Waals surface area contributed by atoms with E-state index >= 15 is 0 Å². The topological polar surface area (TPSA) is 41.5 Å². The lowest BCUT2D eigenvalue weighted by Crippen LogP contribution is -2.28. The standard InChI is InChI=1S/C17H37NO2/c1-3-4-5-6-7-8-9-10-11-12-13-15-20-16-14-18-17(2)19/h17-19H,3-16H2,1-2H3. The van der Waals surface area contributed by atoms with Gasteiger partial charge in [-0.1, -0.05) is 71.1 Å². The van der Waals surface area contributed by atoms with E-state index in [1.165, 1.54) is 70.6 Å². The molecule has 20 heavy (non-hydrogen) atoms. The Balaban J connectivity index is 2.92. The second-order valence-electron chi connectivity index (χ2n) is 5.78. The first kappa shape index (κ1) is 19.9. The third-order valence-electron chi connectivity index (χ3n) is 3.58. The van der Waals surface area contributed by atoms with Gasteiger partial charge in [0.1, 0.15) is 6.23 Å². The first-order valence-corrected chi connectivity index (χ1v) is 8.76. The van der Waals surface area contributed by atoms with Crippen LogP contribution in [0.25, 0.3) is 0 Å². The van der Waals surface area contributed by atoms with E-state index in [-0.39, 0.29) is 0 Å². The summed E-state index contributed by atoms with van der Waals surface area (Å²) in [5.74, 6) is 0. The zero-order chi connectivity index (χ0) is 14.9. The Kier molecular flexibility index (Phi) is 16.8. The van der Waals surface area contributed by atoms with E-state index in [0.717, 1.165) is 13.2 Å². The highest BCUT2D eigenvalue weighted by atomic mass is 16.5. The van der Waals surface area contributed by atoms with E-state index in [1.807, 2.05) is 0 Å². The summed E-state index contributed by atoms with van der Waals surface area (Å²) in [5, 5.41) is 11.9. The number of unbranched alkanes of at least 4 members (excludes halogenated alkanes) is 10. The van der Waals surface area contributed by atoms with E-state index in [0.29, 0.717) is 6.61 Å². The fraction of sp³-hybridized carbons (Fsp3) is 1.00. The van der Waals surface area contributed by atoms with Crippen molar-refractivity contribution in [3.8, 4) is 0 Å². The molecule has 0 amide bonds. The highest BCUT2D eigenvalue weighted by molar-refractivity contribution is 4.48. The minimum absolute atomic E-state index is 0.430. The molecule has 0 saturated carbocycles. The van der Waals surface area contributed by atoms with Crippen LogP contribution in [-0.4, -0.2) is 31.1 Å². The molecule has 2 N–H and O–H groups in total. The molecule has 0 heterocycles. The van der Waals surface area contributed by atoms with Crippen molar-refractivity contribution in [1.29, 1.82) is 0 Å². The van der Waals surface area contributed by atoms with Gasteiger partial charge in [-0.2, -0.15) is 0 Å². The Hall–Kier alpha value is -0.120. The normalized spacial score (nSPS) is 12.8. The zero-order valence-corrected chi connectivity index (χ0v) is 13.8. The van der Waals surface area contributed by atoms with Crippen LogP contribution in [0.5, 0.6) is 0 Å². The third-order valence-corrected chi connectivity index (χ3v) is 3.58. The number of hydrogen-bond donors (Lipinski definition) is 2. The largest absolute Gasteiger partial charge is 0.380 e. The van der Waals surface area contributed by atoms with Gasteiger partial charge in [0.2, 0.25) is 0 Å². The number of nitrogens with one attached hydrogen (secondary N) is 1. The lowest BCUT2D eigenvalue weighted by atomic mass is 10.1. The second-order valence-corrected chi connectivity index (χ2v) is 5.78. The summed E-state index contributed by atoms with van der Waals surface area (Å²) in [6.07, 6.45) is 14.6. The number of ether oxygens (including phenoxy) is 1. The van der Waals surface area contributed by atoms with Gasteiger partial charge in [-0.3, -0.25) is 5.32 Å². The molecule has 0 aromatic rings. The van der Waals surface area contributed by atoms with E-state index in [4.69, 9.17) is 9.84 Å². The van der Waals surface area contributed by atoms with Crippen LogP contribution in [-0.2, 0) is 4.74 Å². The number of hydrogen-bond acceptors (Lipinski definition) is 3. The SMILES string of the molecule is CCCCCCCCCCCCCOCCNC(C)O. The molecule has 3 nitrogen and oxygen atoms in total. The molecule has 0 spiro atoms. The summed E-state index contributed by atoms with van der Waals surface area (Å²) in [6, 6.07) is 0. The third kappa shape index (κ3) is 17.9. The van der Waals surface area contributed by atoms with Gasteiger partial charge in [-0.15, -0.1) is 0 Å². The van der Waals surface area contributed by atoms with Gasteiger partial charge in [0, 0.05) is 13.2 Å². The fourth-order valence-electron chi connectivity index (χ4n) is 2.31. The first-order valence-electron chi connectivity index (χ1n) is 8.76. The van der Waals surface area contributed by atoms with Crippen molar-refractivity contribution in [2.45, 2.75) is 90.7 Å². The van der Waals surface area contributed by atoms with Gasteiger partial charge in [-0.05, 0) is 13.3 Å². The van der Waals surface area contributed by atoms with Crippen LogP contribution in [0.15, 0.2) is 0 Å². The van der Waals surface area contributed by atoms with Crippen LogP contribution in [0.2, 0.25) is 0 Å². The van der Waals surface area contributed by atoms with Gasteiger partial charge in [0.25, 0.3) is 0 Å². The minimum atomic E-state index is -0.430. The number of aliphatic hydroxyl groups excluding tert-OH is 1. The van der Waals surface area contributed by atoms with Crippen LogP contribution < -0.4 is 5.32 Å². The molecule has 3 heteroatoms. The van der Waals surface area contributed by atoms with Crippen LogP contribution in [0.4, 0.5) is 0 Å². The minimum Gasteiger partial charge on any atom is -0.380 e. The maximum absolute atomic E-state index is 8.99. The summed E-state index contributed by atoms with van der Waals surface area (Å²) in [6.45, 7) is 6.29. The van der Waals surface area contributed by atoms with E-state index in [2.05, 4.69) is 12.2 Å². The summed E-state index contributed by atoms with van der Waals surface area (Å²) < 4.78 is 5.49. The quantitative estimate of drug-likeness (QED) is 0.329. The lowest BCUT2D eigenvalue weighted by molar-refractivity contribution is 0.105. The van der Waals surface area contributed by atoms with Crippen LogP contribution in [0.3, 0.4) is 0 Å². The predicted octanol–water partition coefficient (Wildman–Crippen LogP) is 4.24. The summed E-state index contributed by atoms with van der Waals surface area (Å²) in [4.78, 5) is 0. The van der Waals surface area contributed by atoms with E-state index in [1.54, 1.807) is 6.92 Å². The molecule has 0 radical (unpaired) electrons. The molecule has 0 aliphatic carbocycles. The van der Waals surface area contributed by atoms with E-state index in [9.17, 15) is 0 Å². The van der Waals surface area contributed by atoms with Crippen molar-refractivity contribution < 1.29 is 9.84 Å². The highest BCUT2D eigenvalue weighted by Crippen LogP contribution is 2.11. The van der Waals surface area contributed by atoms with Crippen molar-refractivity contribution in [1.82, 2.24) is 5.32 Å². The van der Waals surface area contributed by atoms with Gasteiger partial charge in [-0.25, -0.2) is 0 Å². The van der Waals surface area contributed by atoms with Crippen molar-refractivity contribution in [2.24, 2.45) is 0 Å². The molecule has 0 aliphatic heterocycles. The molecule has 0 aromatic carbocycles. The van der Waals surface area contributed by atoms with E-state index < -0.39 is 6.23 Å². The molecule has 122 valence electrons. The second kappa shape index (κ2) is 16.9.